The Morgan fingerprint density at radius 3 is 2.45 bits per heavy atom. The summed E-state index contributed by atoms with van der Waals surface area (Å²) in [5, 5.41) is 13.7. The van der Waals surface area contributed by atoms with Crippen molar-refractivity contribution in [3.8, 4) is 11.3 Å². The first kappa shape index (κ1) is 13.9. The molecular formula is C12H8ClN3O4. The topological polar surface area (TPSA) is 95.1 Å². The zero-order valence-corrected chi connectivity index (χ0v) is 11.0. The first-order valence-corrected chi connectivity index (χ1v) is 5.81. The Balaban J connectivity index is 2.55. The second kappa shape index (κ2) is 5.22. The fourth-order valence-electron chi connectivity index (χ4n) is 1.64. The van der Waals surface area contributed by atoms with Crippen LogP contribution in [-0.2, 0) is 7.05 Å². The number of carbonyl (C=O) groups excluding carboxylic acids is 1. The normalized spacial score (nSPS) is 10.3. The maximum Gasteiger partial charge on any atom is 0.278 e. The van der Waals surface area contributed by atoms with E-state index in [-0.39, 0.29) is 11.3 Å². The molecule has 0 unspecified atom stereocenters. The van der Waals surface area contributed by atoms with Gasteiger partial charge in [0.15, 0.2) is 0 Å². The average molecular weight is 294 g/mol. The predicted molar refractivity (Wildman–Crippen MR) is 71.8 cm³/mol. The van der Waals surface area contributed by atoms with Crippen LogP contribution >= 0.6 is 11.6 Å². The molecule has 0 amide bonds. The fraction of sp³-hybridized carbons (Fsp3) is 0.0833. The second-order valence-corrected chi connectivity index (χ2v) is 4.29. The number of nitro benzene ring substituents is 1. The summed E-state index contributed by atoms with van der Waals surface area (Å²) in [6.07, 6.45) is 0. The molecular weight excluding hydrogens is 286 g/mol. The van der Waals surface area contributed by atoms with E-state index in [1.54, 1.807) is 0 Å². The van der Waals surface area contributed by atoms with Gasteiger partial charge in [-0.15, -0.1) is 0 Å². The van der Waals surface area contributed by atoms with Gasteiger partial charge < -0.3 is 0 Å². The van der Waals surface area contributed by atoms with Gasteiger partial charge in [0.1, 0.15) is 5.56 Å². The van der Waals surface area contributed by atoms with Crippen LogP contribution in [0.1, 0.15) is 10.4 Å². The van der Waals surface area contributed by atoms with Gasteiger partial charge in [-0.05, 0) is 29.8 Å². The largest absolute Gasteiger partial charge is 0.278 e. The van der Waals surface area contributed by atoms with Gasteiger partial charge in [-0.1, -0.05) is 0 Å². The van der Waals surface area contributed by atoms with Crippen LogP contribution in [0, 0.1) is 10.1 Å². The smallest absolute Gasteiger partial charge is 0.275 e. The monoisotopic (exact) mass is 293 g/mol. The first-order valence-electron chi connectivity index (χ1n) is 5.43. The Morgan fingerprint density at radius 1 is 1.35 bits per heavy atom. The molecule has 0 spiro atoms. The number of benzene rings is 1. The lowest BCUT2D eigenvalue weighted by atomic mass is 10.1. The maximum atomic E-state index is 11.6. The molecule has 1 heterocycles. The summed E-state index contributed by atoms with van der Waals surface area (Å²) in [5.41, 5.74) is -0.00300. The lowest BCUT2D eigenvalue weighted by Gasteiger charge is -2.05. The molecule has 1 aromatic carbocycles. The number of aromatic nitrogens is 2. The molecule has 0 saturated heterocycles. The van der Waals surface area contributed by atoms with Crippen LogP contribution in [0.5, 0.6) is 0 Å². The summed E-state index contributed by atoms with van der Waals surface area (Å²) in [5.74, 6) is 0. The van der Waals surface area contributed by atoms with E-state index >= 15 is 0 Å². The number of hydrogen-bond donors (Lipinski definition) is 0. The highest BCUT2D eigenvalue weighted by Gasteiger charge is 2.13. The Hall–Kier alpha value is -2.54. The first-order chi connectivity index (χ1) is 9.40. The molecule has 7 nitrogen and oxygen atoms in total. The van der Waals surface area contributed by atoms with Gasteiger partial charge in [0, 0.05) is 24.7 Å². The quantitative estimate of drug-likeness (QED) is 0.488. The number of rotatable bonds is 3. The van der Waals surface area contributed by atoms with E-state index in [1.165, 1.54) is 37.4 Å². The van der Waals surface area contributed by atoms with Crippen LogP contribution in [0.4, 0.5) is 5.69 Å². The number of nitrogens with zero attached hydrogens (tertiary/aromatic N) is 3. The summed E-state index contributed by atoms with van der Waals surface area (Å²) >= 11 is 5.34. The van der Waals surface area contributed by atoms with Gasteiger partial charge in [0.05, 0.1) is 10.6 Å². The number of nitro groups is 1. The molecule has 2 aromatic rings. The third kappa shape index (κ3) is 2.57. The lowest BCUT2D eigenvalue weighted by molar-refractivity contribution is -0.384. The maximum absolute atomic E-state index is 11.6. The zero-order chi connectivity index (χ0) is 14.9. The van der Waals surface area contributed by atoms with E-state index in [9.17, 15) is 19.7 Å². The third-order valence-corrected chi connectivity index (χ3v) is 2.85. The molecule has 2 rings (SSSR count). The van der Waals surface area contributed by atoms with E-state index in [1.807, 2.05) is 0 Å². The minimum absolute atomic E-state index is 0.0628. The Kier molecular flexibility index (Phi) is 3.62. The Labute approximate surface area is 117 Å². The number of aryl methyl sites for hydroxylation is 1. The summed E-state index contributed by atoms with van der Waals surface area (Å²) in [4.78, 5) is 32.9. The fourth-order valence-corrected chi connectivity index (χ4v) is 1.78. The number of non-ortho nitro benzene ring substituents is 1. The van der Waals surface area contributed by atoms with E-state index in [4.69, 9.17) is 11.6 Å². The molecule has 20 heavy (non-hydrogen) atoms. The van der Waals surface area contributed by atoms with E-state index in [0.717, 1.165) is 4.68 Å². The van der Waals surface area contributed by atoms with E-state index < -0.39 is 15.7 Å². The average Bonchev–Trinajstić information content (AvgIpc) is 2.41. The van der Waals surface area contributed by atoms with Crippen molar-refractivity contribution < 1.29 is 9.72 Å². The molecule has 0 radical (unpaired) electrons. The Morgan fingerprint density at radius 2 is 1.95 bits per heavy atom. The van der Waals surface area contributed by atoms with Gasteiger partial charge in [-0.2, -0.15) is 5.10 Å². The van der Waals surface area contributed by atoms with Gasteiger partial charge in [0.25, 0.3) is 16.5 Å². The molecule has 0 bridgehead atoms. The summed E-state index contributed by atoms with van der Waals surface area (Å²) < 4.78 is 0.992. The molecule has 0 aliphatic rings. The van der Waals surface area contributed by atoms with Gasteiger partial charge in [-0.25, -0.2) is 4.68 Å². The number of halogens is 1. The minimum atomic E-state index is -0.879. The minimum Gasteiger partial charge on any atom is -0.275 e. The van der Waals surface area contributed by atoms with Crippen molar-refractivity contribution in [3.05, 3.63) is 56.4 Å². The van der Waals surface area contributed by atoms with Gasteiger partial charge >= 0.3 is 0 Å². The van der Waals surface area contributed by atoms with Crippen LogP contribution in [0.25, 0.3) is 11.3 Å². The van der Waals surface area contributed by atoms with Crippen LogP contribution in [0.3, 0.4) is 0 Å². The standard InChI is InChI=1S/C12H8ClN3O4/c1-15-12(18)9(11(13)17)6-10(14-15)7-2-4-8(5-3-7)16(19)20/h2-6H,1H3. The van der Waals surface area contributed by atoms with Crippen molar-refractivity contribution >= 4 is 22.5 Å². The van der Waals surface area contributed by atoms with Crippen molar-refractivity contribution in [1.82, 2.24) is 9.78 Å². The molecule has 102 valence electrons. The molecule has 0 saturated carbocycles. The highest BCUT2D eigenvalue weighted by Crippen LogP contribution is 2.20. The highest BCUT2D eigenvalue weighted by molar-refractivity contribution is 6.67. The van der Waals surface area contributed by atoms with Gasteiger partial charge in [0.2, 0.25) is 0 Å². The van der Waals surface area contributed by atoms with Crippen LogP contribution < -0.4 is 5.56 Å². The number of carbonyl (C=O) groups is 1. The van der Waals surface area contributed by atoms with Crippen LogP contribution in [0.15, 0.2) is 35.1 Å². The molecule has 8 heteroatoms. The molecule has 0 aliphatic heterocycles. The second-order valence-electron chi connectivity index (χ2n) is 3.95. The molecule has 0 atom stereocenters. The SMILES string of the molecule is Cn1nc(-c2ccc([N+](=O)[O-])cc2)cc(C(=O)Cl)c1=O. The third-order valence-electron chi connectivity index (χ3n) is 2.65. The van der Waals surface area contributed by atoms with Crippen molar-refractivity contribution in [2.75, 3.05) is 0 Å². The molecule has 0 N–H and O–H groups in total. The van der Waals surface area contributed by atoms with Crippen LogP contribution in [-0.4, -0.2) is 19.9 Å². The molecule has 1 aromatic heterocycles. The van der Waals surface area contributed by atoms with Crippen LogP contribution in [0.2, 0.25) is 0 Å². The predicted octanol–water partition coefficient (Wildman–Crippen LogP) is 1.73. The summed E-state index contributed by atoms with van der Waals surface area (Å²) in [7, 11) is 1.39. The lowest BCUT2D eigenvalue weighted by Crippen LogP contribution is -2.25. The molecule has 0 aliphatic carbocycles. The molecule has 0 fully saturated rings. The van der Waals surface area contributed by atoms with Crippen molar-refractivity contribution in [2.24, 2.45) is 7.05 Å². The Bertz CT molecular complexity index is 752. The van der Waals surface area contributed by atoms with E-state index in [0.29, 0.717) is 11.3 Å². The van der Waals surface area contributed by atoms with Crippen molar-refractivity contribution in [3.63, 3.8) is 0 Å². The highest BCUT2D eigenvalue weighted by atomic mass is 35.5. The summed E-state index contributed by atoms with van der Waals surface area (Å²) in [6.45, 7) is 0. The van der Waals surface area contributed by atoms with Crippen molar-refractivity contribution in [1.29, 1.82) is 0 Å². The van der Waals surface area contributed by atoms with Crippen molar-refractivity contribution in [2.45, 2.75) is 0 Å². The van der Waals surface area contributed by atoms with E-state index in [2.05, 4.69) is 5.10 Å². The van der Waals surface area contributed by atoms with Gasteiger partial charge in [-0.3, -0.25) is 19.7 Å². The summed E-state index contributed by atoms with van der Waals surface area (Å²) in [6, 6.07) is 6.84. The zero-order valence-electron chi connectivity index (χ0n) is 10.2. The number of hydrogen-bond acceptors (Lipinski definition) is 5.